The van der Waals surface area contributed by atoms with Gasteiger partial charge in [0, 0.05) is 16.5 Å². The zero-order chi connectivity index (χ0) is 27.2. The van der Waals surface area contributed by atoms with Gasteiger partial charge in [-0.2, -0.15) is 4.98 Å². The molecule has 0 bridgehead atoms. The second-order valence-electron chi connectivity index (χ2n) is 9.09. The van der Waals surface area contributed by atoms with E-state index in [2.05, 4.69) is 12.2 Å². The van der Waals surface area contributed by atoms with Gasteiger partial charge in [-0.15, -0.1) is 5.10 Å². The maximum atomic E-state index is 13.5. The second-order valence-corrected chi connectivity index (χ2v) is 10.4. The summed E-state index contributed by atoms with van der Waals surface area (Å²) >= 11 is 7.83. The Kier molecular flexibility index (Phi) is 8.54. The van der Waals surface area contributed by atoms with Crippen molar-refractivity contribution in [2.75, 3.05) is 11.9 Å². The molecule has 1 aliphatic rings. The van der Waals surface area contributed by atoms with Crippen molar-refractivity contribution in [3.05, 3.63) is 112 Å². The fraction of sp³-hybridized carbons (Fsp3) is 0.233. The Morgan fingerprint density at radius 1 is 1.05 bits per heavy atom. The largest absolute Gasteiger partial charge is 0.494 e. The molecule has 39 heavy (non-hydrogen) atoms. The third kappa shape index (κ3) is 6.29. The first kappa shape index (κ1) is 26.8. The maximum absolute atomic E-state index is 13.5. The van der Waals surface area contributed by atoms with Gasteiger partial charge < -0.3 is 14.8 Å². The van der Waals surface area contributed by atoms with Crippen molar-refractivity contribution in [2.24, 2.45) is 0 Å². The van der Waals surface area contributed by atoms with Crippen molar-refractivity contribution < 1.29 is 14.3 Å². The first-order valence-electron chi connectivity index (χ1n) is 12.8. The standard InChI is InChI=1S/C30H29ClN4O3S/c1-3-17-37-24-15-13-22(14-16-24)27-26(28(36)38-18-21-9-5-4-6-10-21)20(2)32-29-33-30(34-35(27)29)39-19-23-11-7-8-12-25(23)31/h4-16,27H,3,17-19H2,1-2H3,(H,32,33,34). The molecule has 3 aromatic carbocycles. The number of carbonyl (C=O) groups excluding carboxylic acids is 1. The Bertz CT molecular complexity index is 1470. The minimum absolute atomic E-state index is 0.177. The molecule has 9 heteroatoms. The lowest BCUT2D eigenvalue weighted by molar-refractivity contribution is -0.140. The van der Waals surface area contributed by atoms with Crippen LogP contribution < -0.4 is 10.1 Å². The number of ether oxygens (including phenoxy) is 2. The van der Waals surface area contributed by atoms with Gasteiger partial charge in [-0.1, -0.05) is 91.0 Å². The molecule has 0 radical (unpaired) electrons. The minimum atomic E-state index is -0.521. The summed E-state index contributed by atoms with van der Waals surface area (Å²) in [6.07, 6.45) is 0.923. The summed E-state index contributed by atoms with van der Waals surface area (Å²) in [4.78, 5) is 18.2. The predicted molar refractivity (Wildman–Crippen MR) is 154 cm³/mol. The molecule has 0 aliphatic carbocycles. The van der Waals surface area contributed by atoms with Crippen molar-refractivity contribution >= 4 is 35.3 Å². The molecule has 4 aromatic rings. The lowest BCUT2D eigenvalue weighted by Gasteiger charge is -2.28. The van der Waals surface area contributed by atoms with E-state index in [1.54, 1.807) is 4.68 Å². The quantitative estimate of drug-likeness (QED) is 0.164. The van der Waals surface area contributed by atoms with Crippen LogP contribution in [0.5, 0.6) is 5.75 Å². The molecule has 1 aliphatic heterocycles. The number of esters is 1. The van der Waals surface area contributed by atoms with Gasteiger partial charge in [0.25, 0.3) is 0 Å². The average molecular weight is 561 g/mol. The van der Waals surface area contributed by atoms with E-state index in [9.17, 15) is 4.79 Å². The van der Waals surface area contributed by atoms with E-state index < -0.39 is 12.0 Å². The summed E-state index contributed by atoms with van der Waals surface area (Å²) in [5.74, 6) is 1.55. The molecule has 200 valence electrons. The van der Waals surface area contributed by atoms with E-state index in [4.69, 9.17) is 31.2 Å². The van der Waals surface area contributed by atoms with Crippen LogP contribution >= 0.6 is 23.4 Å². The van der Waals surface area contributed by atoms with Gasteiger partial charge in [0.05, 0.1) is 12.2 Å². The molecule has 1 unspecified atom stereocenters. The van der Waals surface area contributed by atoms with E-state index in [0.717, 1.165) is 28.9 Å². The van der Waals surface area contributed by atoms with Crippen LogP contribution in [0.1, 0.15) is 43.0 Å². The minimum Gasteiger partial charge on any atom is -0.494 e. The molecule has 1 atom stereocenters. The Morgan fingerprint density at radius 2 is 1.79 bits per heavy atom. The molecule has 0 spiro atoms. The summed E-state index contributed by atoms with van der Waals surface area (Å²) in [6.45, 7) is 4.75. The summed E-state index contributed by atoms with van der Waals surface area (Å²) in [6, 6.07) is 24.6. The highest BCUT2D eigenvalue weighted by molar-refractivity contribution is 7.98. The number of aromatic nitrogens is 3. The number of nitrogens with zero attached hydrogens (tertiary/aromatic N) is 3. The van der Waals surface area contributed by atoms with Gasteiger partial charge in [-0.05, 0) is 48.2 Å². The topological polar surface area (TPSA) is 78.3 Å². The molecule has 5 rings (SSSR count). The lowest BCUT2D eigenvalue weighted by atomic mass is 9.95. The van der Waals surface area contributed by atoms with E-state index in [1.165, 1.54) is 11.8 Å². The summed E-state index contributed by atoms with van der Waals surface area (Å²) in [5, 5.41) is 9.35. The summed E-state index contributed by atoms with van der Waals surface area (Å²) in [7, 11) is 0. The number of hydrogen-bond donors (Lipinski definition) is 1. The smallest absolute Gasteiger partial charge is 0.338 e. The number of allylic oxidation sites excluding steroid dienone is 1. The Hall–Kier alpha value is -3.75. The van der Waals surface area contributed by atoms with Crippen molar-refractivity contribution in [3.8, 4) is 5.75 Å². The highest BCUT2D eigenvalue weighted by Crippen LogP contribution is 2.38. The lowest BCUT2D eigenvalue weighted by Crippen LogP contribution is -2.29. The second kappa shape index (κ2) is 12.4. The number of nitrogens with one attached hydrogen (secondary N) is 1. The van der Waals surface area contributed by atoms with Crippen LogP contribution in [0.4, 0.5) is 5.95 Å². The highest BCUT2D eigenvalue weighted by atomic mass is 35.5. The van der Waals surface area contributed by atoms with E-state index in [0.29, 0.717) is 39.8 Å². The maximum Gasteiger partial charge on any atom is 0.338 e. The van der Waals surface area contributed by atoms with Gasteiger partial charge in [0.15, 0.2) is 0 Å². The van der Waals surface area contributed by atoms with Gasteiger partial charge in [-0.3, -0.25) is 0 Å². The molecule has 7 nitrogen and oxygen atoms in total. The fourth-order valence-electron chi connectivity index (χ4n) is 4.29. The van der Waals surface area contributed by atoms with Crippen molar-refractivity contribution in [2.45, 2.75) is 43.8 Å². The average Bonchev–Trinajstić information content (AvgIpc) is 3.37. The van der Waals surface area contributed by atoms with Crippen LogP contribution in [-0.2, 0) is 21.9 Å². The van der Waals surface area contributed by atoms with Gasteiger partial charge in [0.1, 0.15) is 18.4 Å². The highest BCUT2D eigenvalue weighted by Gasteiger charge is 2.35. The number of halogens is 1. The first-order chi connectivity index (χ1) is 19.0. The summed E-state index contributed by atoms with van der Waals surface area (Å²) in [5.41, 5.74) is 3.95. The van der Waals surface area contributed by atoms with Crippen molar-refractivity contribution in [1.82, 2.24) is 14.8 Å². The van der Waals surface area contributed by atoms with Crippen LogP contribution in [0.2, 0.25) is 5.02 Å². The van der Waals surface area contributed by atoms with Crippen molar-refractivity contribution in [3.63, 3.8) is 0 Å². The number of rotatable bonds is 10. The Labute approximate surface area is 237 Å². The SMILES string of the molecule is CCCOc1ccc(C2C(C(=O)OCc3ccccc3)=C(C)Nc3nc(SCc4ccccc4Cl)nn32)cc1. The number of thioether (sulfide) groups is 1. The van der Waals surface area contributed by atoms with E-state index in [-0.39, 0.29) is 6.61 Å². The van der Waals surface area contributed by atoms with Crippen LogP contribution in [0.25, 0.3) is 0 Å². The number of anilines is 1. The first-order valence-corrected chi connectivity index (χ1v) is 14.1. The zero-order valence-corrected chi connectivity index (χ0v) is 23.3. The third-order valence-electron chi connectivity index (χ3n) is 6.25. The monoisotopic (exact) mass is 560 g/mol. The van der Waals surface area contributed by atoms with E-state index in [1.807, 2.05) is 85.8 Å². The molecule has 0 amide bonds. The van der Waals surface area contributed by atoms with Crippen LogP contribution in [-0.4, -0.2) is 27.3 Å². The Balaban J connectivity index is 1.44. The number of benzene rings is 3. The molecular weight excluding hydrogens is 532 g/mol. The summed E-state index contributed by atoms with van der Waals surface area (Å²) < 4.78 is 13.3. The normalized spacial score (nSPS) is 14.5. The molecule has 2 heterocycles. The zero-order valence-electron chi connectivity index (χ0n) is 21.8. The number of fused-ring (bicyclic) bond motifs is 1. The third-order valence-corrected chi connectivity index (χ3v) is 7.50. The molecule has 1 aromatic heterocycles. The van der Waals surface area contributed by atoms with Crippen LogP contribution in [0.15, 0.2) is 95.3 Å². The van der Waals surface area contributed by atoms with Crippen LogP contribution in [0, 0.1) is 0 Å². The van der Waals surface area contributed by atoms with Gasteiger partial charge >= 0.3 is 5.97 Å². The predicted octanol–water partition coefficient (Wildman–Crippen LogP) is 7.04. The van der Waals surface area contributed by atoms with Gasteiger partial charge in [0.2, 0.25) is 11.1 Å². The van der Waals surface area contributed by atoms with Gasteiger partial charge in [-0.25, -0.2) is 9.48 Å². The molecule has 0 saturated heterocycles. The van der Waals surface area contributed by atoms with Crippen LogP contribution in [0.3, 0.4) is 0 Å². The van der Waals surface area contributed by atoms with E-state index >= 15 is 0 Å². The molecule has 0 fully saturated rings. The molecule has 0 saturated carbocycles. The molecular formula is C30H29ClN4O3S. The number of hydrogen-bond acceptors (Lipinski definition) is 7. The fourth-order valence-corrected chi connectivity index (χ4v) is 5.40. The van der Waals surface area contributed by atoms with Crippen molar-refractivity contribution in [1.29, 1.82) is 0 Å². The molecule has 1 N–H and O–H groups in total. The Morgan fingerprint density at radius 3 is 2.54 bits per heavy atom. The number of carbonyl (C=O) groups is 1.